The van der Waals surface area contributed by atoms with Gasteiger partial charge in [0, 0.05) is 14.4 Å². The van der Waals surface area contributed by atoms with Crippen LogP contribution in [0.5, 0.6) is 0 Å². The molecule has 0 spiro atoms. The van der Waals surface area contributed by atoms with Crippen molar-refractivity contribution in [1.29, 1.82) is 0 Å². The van der Waals surface area contributed by atoms with Crippen LogP contribution in [0.2, 0.25) is 0 Å². The largest absolute Gasteiger partial charge is 0.449 e. The van der Waals surface area contributed by atoms with Crippen molar-refractivity contribution in [3.8, 4) is 0 Å². The number of alkyl carbamates (subject to hydrolysis) is 1. The van der Waals surface area contributed by atoms with Gasteiger partial charge in [-0.25, -0.2) is 4.79 Å². The average Bonchev–Trinajstić information content (AvgIpc) is 2.26. The van der Waals surface area contributed by atoms with E-state index < -0.39 is 0 Å². The topological polar surface area (TPSA) is 38.3 Å². The van der Waals surface area contributed by atoms with Crippen LogP contribution in [0, 0.1) is 5.41 Å². The van der Waals surface area contributed by atoms with E-state index in [4.69, 9.17) is 4.74 Å². The standard InChI is InChI=1S/C12H13Br2NO2/c1-12(2)6-17-11(16)15-10(12)8-5-7(13)3-4-9(8)14/h3-5,10H,6H2,1-2H3,(H,15,16)/t10-/m1/s1. The van der Waals surface area contributed by atoms with Gasteiger partial charge in [0.25, 0.3) is 0 Å². The van der Waals surface area contributed by atoms with Gasteiger partial charge in [0.15, 0.2) is 0 Å². The summed E-state index contributed by atoms with van der Waals surface area (Å²) in [5.41, 5.74) is 0.915. The van der Waals surface area contributed by atoms with Crippen molar-refractivity contribution in [2.24, 2.45) is 5.41 Å². The molecule has 0 radical (unpaired) electrons. The van der Waals surface area contributed by atoms with Crippen LogP contribution < -0.4 is 5.32 Å². The fourth-order valence-corrected chi connectivity index (χ4v) is 2.78. The zero-order valence-corrected chi connectivity index (χ0v) is 12.8. The van der Waals surface area contributed by atoms with Crippen LogP contribution in [0.3, 0.4) is 0 Å². The summed E-state index contributed by atoms with van der Waals surface area (Å²) in [5.74, 6) is 0. The van der Waals surface area contributed by atoms with Crippen LogP contribution >= 0.6 is 31.9 Å². The first-order chi connectivity index (χ1) is 7.90. The Morgan fingerprint density at radius 2 is 2.12 bits per heavy atom. The molecule has 1 fully saturated rings. The molecule has 0 bridgehead atoms. The Balaban J connectivity index is 2.42. The fraction of sp³-hybridized carbons (Fsp3) is 0.417. The molecular formula is C12H13Br2NO2. The smallest absolute Gasteiger partial charge is 0.407 e. The van der Waals surface area contributed by atoms with E-state index in [0.717, 1.165) is 14.5 Å². The Labute approximate surface area is 117 Å². The van der Waals surface area contributed by atoms with Crippen LogP contribution in [-0.2, 0) is 4.74 Å². The number of ether oxygens (including phenoxy) is 1. The second-order valence-electron chi connectivity index (χ2n) is 4.81. The van der Waals surface area contributed by atoms with Crippen LogP contribution in [0.15, 0.2) is 27.1 Å². The highest BCUT2D eigenvalue weighted by molar-refractivity contribution is 9.11. The van der Waals surface area contributed by atoms with E-state index in [1.807, 2.05) is 18.2 Å². The summed E-state index contributed by atoms with van der Waals surface area (Å²) in [7, 11) is 0. The maximum atomic E-state index is 11.4. The van der Waals surface area contributed by atoms with Crippen molar-refractivity contribution in [1.82, 2.24) is 5.32 Å². The number of cyclic esters (lactones) is 1. The summed E-state index contributed by atoms with van der Waals surface area (Å²) in [6.07, 6.45) is -0.360. The summed E-state index contributed by atoms with van der Waals surface area (Å²) in [6, 6.07) is 5.89. The number of carbonyl (C=O) groups is 1. The SMILES string of the molecule is CC1(C)COC(=O)N[C@@H]1c1cc(Br)ccc1Br. The van der Waals surface area contributed by atoms with Gasteiger partial charge in [-0.2, -0.15) is 0 Å². The van der Waals surface area contributed by atoms with Crippen LogP contribution in [0.1, 0.15) is 25.5 Å². The number of rotatable bonds is 1. The van der Waals surface area contributed by atoms with Gasteiger partial charge in [-0.1, -0.05) is 45.7 Å². The van der Waals surface area contributed by atoms with Gasteiger partial charge in [0.1, 0.15) is 6.61 Å². The number of hydrogen-bond donors (Lipinski definition) is 1. The monoisotopic (exact) mass is 361 g/mol. The minimum absolute atomic E-state index is 0.0596. The molecule has 1 heterocycles. The minimum Gasteiger partial charge on any atom is -0.449 e. The summed E-state index contributed by atoms with van der Waals surface area (Å²) in [5, 5.41) is 2.88. The Morgan fingerprint density at radius 1 is 1.41 bits per heavy atom. The molecule has 1 atom stereocenters. The highest BCUT2D eigenvalue weighted by Gasteiger charge is 2.38. The van der Waals surface area contributed by atoms with Crippen LogP contribution in [0.4, 0.5) is 4.79 Å². The maximum Gasteiger partial charge on any atom is 0.407 e. The molecular weight excluding hydrogens is 350 g/mol. The first-order valence-corrected chi connectivity index (χ1v) is 6.87. The molecule has 17 heavy (non-hydrogen) atoms. The van der Waals surface area contributed by atoms with E-state index in [-0.39, 0.29) is 17.6 Å². The second kappa shape index (κ2) is 4.61. The minimum atomic E-state index is -0.360. The lowest BCUT2D eigenvalue weighted by Gasteiger charge is -2.39. The molecule has 3 nitrogen and oxygen atoms in total. The average molecular weight is 363 g/mol. The molecule has 0 unspecified atom stereocenters. The first kappa shape index (κ1) is 12.9. The number of hydrogen-bond acceptors (Lipinski definition) is 2. The van der Waals surface area contributed by atoms with Crippen molar-refractivity contribution in [3.63, 3.8) is 0 Å². The Bertz CT molecular complexity index is 460. The number of carbonyl (C=O) groups excluding carboxylic acids is 1. The molecule has 0 aliphatic carbocycles. The van der Waals surface area contributed by atoms with Gasteiger partial charge in [0.05, 0.1) is 6.04 Å². The van der Waals surface area contributed by atoms with Crippen molar-refractivity contribution < 1.29 is 9.53 Å². The molecule has 5 heteroatoms. The molecule has 92 valence electrons. The maximum absolute atomic E-state index is 11.4. The van der Waals surface area contributed by atoms with Crippen molar-refractivity contribution >= 4 is 38.0 Å². The van der Waals surface area contributed by atoms with E-state index in [0.29, 0.717) is 6.61 Å². The van der Waals surface area contributed by atoms with Gasteiger partial charge in [-0.3, -0.25) is 0 Å². The molecule has 1 aliphatic rings. The van der Waals surface area contributed by atoms with Crippen molar-refractivity contribution in [3.05, 3.63) is 32.7 Å². The Kier molecular flexibility index (Phi) is 3.50. The van der Waals surface area contributed by atoms with E-state index in [1.54, 1.807) is 0 Å². The van der Waals surface area contributed by atoms with Gasteiger partial charge in [0.2, 0.25) is 0 Å². The Hall–Kier alpha value is -0.550. The number of benzene rings is 1. The highest BCUT2D eigenvalue weighted by atomic mass is 79.9. The lowest BCUT2D eigenvalue weighted by atomic mass is 9.80. The lowest BCUT2D eigenvalue weighted by molar-refractivity contribution is 0.0385. The number of nitrogens with one attached hydrogen (secondary N) is 1. The van der Waals surface area contributed by atoms with Crippen molar-refractivity contribution in [2.45, 2.75) is 19.9 Å². The Morgan fingerprint density at radius 3 is 2.82 bits per heavy atom. The molecule has 1 aromatic carbocycles. The van der Waals surface area contributed by atoms with Gasteiger partial charge in [-0.05, 0) is 23.8 Å². The number of amides is 1. The van der Waals surface area contributed by atoms with Crippen molar-refractivity contribution in [2.75, 3.05) is 6.61 Å². The molecule has 1 aromatic rings. The van der Waals surface area contributed by atoms with Crippen LogP contribution in [0.25, 0.3) is 0 Å². The molecule has 0 aromatic heterocycles. The molecule has 1 saturated heterocycles. The van der Waals surface area contributed by atoms with Crippen LogP contribution in [-0.4, -0.2) is 12.7 Å². The second-order valence-corrected chi connectivity index (χ2v) is 6.58. The number of halogens is 2. The summed E-state index contributed by atoms with van der Waals surface area (Å²) < 4.78 is 7.02. The summed E-state index contributed by atoms with van der Waals surface area (Å²) in [4.78, 5) is 11.4. The normalized spacial score (nSPS) is 22.8. The van der Waals surface area contributed by atoms with Gasteiger partial charge < -0.3 is 10.1 Å². The quantitative estimate of drug-likeness (QED) is 0.819. The van der Waals surface area contributed by atoms with Gasteiger partial charge >= 0.3 is 6.09 Å². The predicted octanol–water partition coefficient (Wildman–Crippen LogP) is 4.02. The van der Waals surface area contributed by atoms with Gasteiger partial charge in [-0.15, -0.1) is 0 Å². The van der Waals surface area contributed by atoms with E-state index in [2.05, 4.69) is 51.0 Å². The summed E-state index contributed by atoms with van der Waals surface area (Å²) >= 11 is 6.98. The molecule has 0 saturated carbocycles. The predicted molar refractivity (Wildman–Crippen MR) is 72.8 cm³/mol. The molecule has 1 aliphatic heterocycles. The third-order valence-electron chi connectivity index (χ3n) is 2.89. The van der Waals surface area contributed by atoms with E-state index in [1.165, 1.54) is 0 Å². The third-order valence-corrected chi connectivity index (χ3v) is 4.10. The molecule has 2 rings (SSSR count). The highest BCUT2D eigenvalue weighted by Crippen LogP contribution is 2.40. The first-order valence-electron chi connectivity index (χ1n) is 5.28. The zero-order chi connectivity index (χ0) is 12.6. The summed E-state index contributed by atoms with van der Waals surface area (Å²) in [6.45, 7) is 4.57. The zero-order valence-electron chi connectivity index (χ0n) is 9.59. The third kappa shape index (κ3) is 2.65. The molecule has 1 N–H and O–H groups in total. The lowest BCUT2D eigenvalue weighted by Crippen LogP contribution is -2.47. The van der Waals surface area contributed by atoms with E-state index >= 15 is 0 Å². The van der Waals surface area contributed by atoms with E-state index in [9.17, 15) is 4.79 Å². The fourth-order valence-electron chi connectivity index (χ4n) is 1.92. The molecule has 1 amide bonds.